The second kappa shape index (κ2) is 10.0. The number of hydrogen-bond donors (Lipinski definition) is 2. The summed E-state index contributed by atoms with van der Waals surface area (Å²) in [5, 5.41) is 5.47. The highest BCUT2D eigenvalue weighted by Crippen LogP contribution is 2.32. The summed E-state index contributed by atoms with van der Waals surface area (Å²) in [6.07, 6.45) is -1.89. The van der Waals surface area contributed by atoms with Crippen LogP contribution in [0.15, 0.2) is 47.4 Å². The van der Waals surface area contributed by atoms with Crippen molar-refractivity contribution < 1.29 is 31.1 Å². The summed E-state index contributed by atoms with van der Waals surface area (Å²) in [5.41, 5.74) is -0.210. The van der Waals surface area contributed by atoms with Gasteiger partial charge >= 0.3 is 6.18 Å². The topological polar surface area (TPSA) is 87.7 Å². The summed E-state index contributed by atoms with van der Waals surface area (Å²) in [6, 6.07) is 7.84. The Morgan fingerprint density at radius 2 is 1.64 bits per heavy atom. The number of rotatable bonds is 7. The highest BCUT2D eigenvalue weighted by Gasteiger charge is 2.31. The Hall–Kier alpha value is -2.79. The molecule has 180 valence electrons. The van der Waals surface area contributed by atoms with Crippen LogP contribution in [0.1, 0.15) is 31.7 Å². The minimum absolute atomic E-state index is 0.00671. The number of amides is 1. The molecule has 1 unspecified atom stereocenters. The molecule has 0 radical (unpaired) electrons. The molecule has 0 spiro atoms. The molecule has 2 N–H and O–H groups in total. The number of carbonyl (C=O) groups is 1. The maximum Gasteiger partial charge on any atom is 0.416 e. The number of anilines is 2. The van der Waals surface area contributed by atoms with E-state index in [0.717, 1.165) is 31.4 Å². The van der Waals surface area contributed by atoms with Gasteiger partial charge in [-0.05, 0) is 62.2 Å². The number of hydrogen-bond acceptors (Lipinski definition) is 5. The van der Waals surface area contributed by atoms with Crippen molar-refractivity contribution >= 4 is 27.3 Å². The van der Waals surface area contributed by atoms with E-state index in [1.807, 2.05) is 0 Å². The molecule has 7 nitrogen and oxygen atoms in total. The third kappa shape index (κ3) is 5.97. The first-order chi connectivity index (χ1) is 15.5. The molecule has 1 aliphatic heterocycles. The largest absolute Gasteiger partial charge is 0.495 e. The summed E-state index contributed by atoms with van der Waals surface area (Å²) in [5.74, 6) is -0.293. The number of benzene rings is 2. The SMILES string of the molecule is COc1ccc(NC(C)C(=O)Nc2ccc(C(F)(F)F)cc2)cc1S(=O)(=O)N1CCCCC1. The van der Waals surface area contributed by atoms with Crippen molar-refractivity contribution in [1.82, 2.24) is 4.31 Å². The van der Waals surface area contributed by atoms with Crippen molar-refractivity contribution in [2.45, 2.75) is 43.3 Å². The molecule has 0 aliphatic carbocycles. The van der Waals surface area contributed by atoms with Crippen LogP contribution in [0.25, 0.3) is 0 Å². The van der Waals surface area contributed by atoms with Gasteiger partial charge in [-0.1, -0.05) is 6.42 Å². The Morgan fingerprint density at radius 1 is 1.03 bits per heavy atom. The molecule has 1 heterocycles. The van der Waals surface area contributed by atoms with Gasteiger partial charge < -0.3 is 15.4 Å². The van der Waals surface area contributed by atoms with Crippen LogP contribution in [0.4, 0.5) is 24.5 Å². The van der Waals surface area contributed by atoms with E-state index in [-0.39, 0.29) is 16.3 Å². The first-order valence-electron chi connectivity index (χ1n) is 10.5. The molecule has 1 aliphatic rings. The van der Waals surface area contributed by atoms with Crippen LogP contribution in [-0.2, 0) is 21.0 Å². The summed E-state index contributed by atoms with van der Waals surface area (Å²) in [7, 11) is -2.39. The van der Waals surface area contributed by atoms with Crippen molar-refractivity contribution in [1.29, 1.82) is 0 Å². The standard InChI is InChI=1S/C22H26F3N3O4S/c1-15(21(29)27-17-8-6-16(7-9-17)22(23,24)25)26-18-10-11-19(32-2)20(14-18)33(30,31)28-12-4-3-5-13-28/h6-11,14-15,26H,3-5,12-13H2,1-2H3,(H,27,29). The molecule has 1 fully saturated rings. The Kier molecular flexibility index (Phi) is 7.53. The molecular formula is C22H26F3N3O4S. The number of piperidine rings is 1. The van der Waals surface area contributed by atoms with E-state index in [9.17, 15) is 26.4 Å². The molecular weight excluding hydrogens is 459 g/mol. The normalized spacial score (nSPS) is 16.2. The maximum absolute atomic E-state index is 13.1. The predicted octanol–water partition coefficient (Wildman–Crippen LogP) is 4.33. The molecule has 0 aromatic heterocycles. The lowest BCUT2D eigenvalue weighted by molar-refractivity contribution is -0.137. The van der Waals surface area contributed by atoms with E-state index in [1.54, 1.807) is 13.0 Å². The lowest BCUT2D eigenvalue weighted by Crippen LogP contribution is -2.36. The van der Waals surface area contributed by atoms with Gasteiger partial charge in [0.25, 0.3) is 0 Å². The van der Waals surface area contributed by atoms with Gasteiger partial charge in [0, 0.05) is 24.5 Å². The minimum atomic E-state index is -4.46. The fourth-order valence-corrected chi connectivity index (χ4v) is 5.22. The number of carbonyl (C=O) groups excluding carboxylic acids is 1. The zero-order chi connectivity index (χ0) is 24.2. The fourth-order valence-electron chi connectivity index (χ4n) is 3.52. The van der Waals surface area contributed by atoms with Crippen molar-refractivity contribution in [2.24, 2.45) is 0 Å². The molecule has 3 rings (SSSR count). The smallest absolute Gasteiger partial charge is 0.416 e. The van der Waals surface area contributed by atoms with E-state index in [2.05, 4.69) is 10.6 Å². The first-order valence-corrected chi connectivity index (χ1v) is 11.9. The first kappa shape index (κ1) is 24.8. The minimum Gasteiger partial charge on any atom is -0.495 e. The van der Waals surface area contributed by atoms with Crippen LogP contribution in [-0.4, -0.2) is 44.9 Å². The number of ether oxygens (including phenoxy) is 1. The molecule has 0 bridgehead atoms. The lowest BCUT2D eigenvalue weighted by atomic mass is 10.2. The van der Waals surface area contributed by atoms with Gasteiger partial charge in [0.2, 0.25) is 15.9 Å². The Morgan fingerprint density at radius 3 is 2.21 bits per heavy atom. The highest BCUT2D eigenvalue weighted by atomic mass is 32.2. The van der Waals surface area contributed by atoms with E-state index >= 15 is 0 Å². The quantitative estimate of drug-likeness (QED) is 0.610. The van der Waals surface area contributed by atoms with Crippen LogP contribution in [0.2, 0.25) is 0 Å². The maximum atomic E-state index is 13.1. The number of nitrogens with zero attached hydrogens (tertiary/aromatic N) is 1. The summed E-state index contributed by atoms with van der Waals surface area (Å²) >= 11 is 0. The third-order valence-corrected chi connectivity index (χ3v) is 7.27. The number of sulfonamides is 1. The van der Waals surface area contributed by atoms with Gasteiger partial charge in [-0.25, -0.2) is 8.42 Å². The monoisotopic (exact) mass is 485 g/mol. The molecule has 0 saturated carbocycles. The van der Waals surface area contributed by atoms with Gasteiger partial charge in [0.1, 0.15) is 16.7 Å². The van der Waals surface area contributed by atoms with E-state index in [1.165, 1.54) is 35.7 Å². The number of methoxy groups -OCH3 is 1. The second-order valence-corrected chi connectivity index (χ2v) is 9.67. The molecule has 1 amide bonds. The molecule has 11 heteroatoms. The predicted molar refractivity (Wildman–Crippen MR) is 119 cm³/mol. The Labute approximate surface area is 191 Å². The number of alkyl halides is 3. The lowest BCUT2D eigenvalue weighted by Gasteiger charge is -2.27. The molecule has 2 aromatic carbocycles. The van der Waals surface area contributed by atoms with Crippen molar-refractivity contribution in [3.8, 4) is 5.75 Å². The summed E-state index contributed by atoms with van der Waals surface area (Å²) < 4.78 is 71.0. The van der Waals surface area contributed by atoms with Gasteiger partial charge in [0.05, 0.1) is 12.7 Å². The average Bonchev–Trinajstić information content (AvgIpc) is 2.79. The summed E-state index contributed by atoms with van der Waals surface area (Å²) in [4.78, 5) is 12.5. The Balaban J connectivity index is 1.73. The molecule has 2 aromatic rings. The van der Waals surface area contributed by atoms with E-state index in [0.29, 0.717) is 18.8 Å². The third-order valence-electron chi connectivity index (χ3n) is 5.35. The molecule has 1 atom stereocenters. The molecule has 33 heavy (non-hydrogen) atoms. The molecule has 1 saturated heterocycles. The van der Waals surface area contributed by atoms with Crippen molar-refractivity contribution in [2.75, 3.05) is 30.8 Å². The average molecular weight is 486 g/mol. The highest BCUT2D eigenvalue weighted by molar-refractivity contribution is 7.89. The van der Waals surface area contributed by atoms with E-state index in [4.69, 9.17) is 4.74 Å². The summed E-state index contributed by atoms with van der Waals surface area (Å²) in [6.45, 7) is 2.44. The Bertz CT molecular complexity index is 1080. The zero-order valence-electron chi connectivity index (χ0n) is 18.3. The van der Waals surface area contributed by atoms with Crippen molar-refractivity contribution in [3.05, 3.63) is 48.0 Å². The van der Waals surface area contributed by atoms with Crippen LogP contribution >= 0.6 is 0 Å². The van der Waals surface area contributed by atoms with E-state index < -0.39 is 33.7 Å². The second-order valence-electron chi connectivity index (χ2n) is 7.76. The van der Waals surface area contributed by atoms with Gasteiger partial charge in [-0.2, -0.15) is 17.5 Å². The van der Waals surface area contributed by atoms with Crippen molar-refractivity contribution in [3.63, 3.8) is 0 Å². The van der Waals surface area contributed by atoms with Crippen LogP contribution in [0.3, 0.4) is 0 Å². The van der Waals surface area contributed by atoms with Gasteiger partial charge in [-0.3, -0.25) is 4.79 Å². The zero-order valence-corrected chi connectivity index (χ0v) is 19.1. The van der Waals surface area contributed by atoms with Gasteiger partial charge in [0.15, 0.2) is 0 Å². The van der Waals surface area contributed by atoms with Crippen LogP contribution in [0.5, 0.6) is 5.75 Å². The van der Waals surface area contributed by atoms with Crippen LogP contribution in [0, 0.1) is 0 Å². The fraction of sp³-hybridized carbons (Fsp3) is 0.409. The van der Waals surface area contributed by atoms with Crippen LogP contribution < -0.4 is 15.4 Å². The van der Waals surface area contributed by atoms with Gasteiger partial charge in [-0.15, -0.1) is 0 Å². The number of nitrogens with one attached hydrogen (secondary N) is 2. The number of halogens is 3.